The second kappa shape index (κ2) is 9.07. The first-order chi connectivity index (χ1) is 16.7. The lowest BCUT2D eigenvalue weighted by molar-refractivity contribution is -0.137. The lowest BCUT2D eigenvalue weighted by Gasteiger charge is -2.32. The molecule has 0 aromatic carbocycles. The molecule has 35 heavy (non-hydrogen) atoms. The Morgan fingerprint density at radius 3 is 2.46 bits per heavy atom. The highest BCUT2D eigenvalue weighted by atomic mass is 19.4. The molecule has 7 nitrogen and oxygen atoms in total. The third kappa shape index (κ3) is 4.93. The normalized spacial score (nSPS) is 17.1. The highest BCUT2D eigenvalue weighted by molar-refractivity contribution is 5.98. The van der Waals surface area contributed by atoms with Crippen molar-refractivity contribution in [2.75, 3.05) is 18.0 Å². The quantitative estimate of drug-likeness (QED) is 0.526. The van der Waals surface area contributed by atoms with Crippen molar-refractivity contribution in [2.45, 2.75) is 57.2 Å². The van der Waals surface area contributed by atoms with Gasteiger partial charge in [0, 0.05) is 31.9 Å². The number of hydrogen-bond donors (Lipinski definition) is 1. The number of pyridine rings is 2. The number of carbonyl (C=O) groups excluding carboxylic acids is 1. The molecule has 10 heteroatoms. The Morgan fingerprint density at radius 2 is 1.83 bits per heavy atom. The maximum Gasteiger partial charge on any atom is 0.417 e. The van der Waals surface area contributed by atoms with Crippen molar-refractivity contribution in [1.82, 2.24) is 19.7 Å². The standard InChI is InChI=1S/C25H26F3N5O2/c1-15-21(14-31-33(15)23-5-4-18(13-29-23)25(26,27)28)22(35)11-16-10-20(17-2-3-17)24(30-12-16)32-8-6-19(34)7-9-32/h4-5,10,12-14,17,19,34H,2-3,6-9,11H2,1H3. The van der Waals surface area contributed by atoms with Gasteiger partial charge in [0.25, 0.3) is 0 Å². The van der Waals surface area contributed by atoms with E-state index in [2.05, 4.69) is 21.0 Å². The van der Waals surface area contributed by atoms with Crippen LogP contribution < -0.4 is 4.90 Å². The van der Waals surface area contributed by atoms with E-state index in [1.165, 1.54) is 16.9 Å². The van der Waals surface area contributed by atoms with Crippen molar-refractivity contribution >= 4 is 11.6 Å². The molecule has 0 spiro atoms. The summed E-state index contributed by atoms with van der Waals surface area (Å²) in [5.74, 6) is 1.48. The Bertz CT molecular complexity index is 1230. The molecular weight excluding hydrogens is 459 g/mol. The van der Waals surface area contributed by atoms with Crippen LogP contribution in [-0.4, -0.2) is 49.8 Å². The zero-order valence-corrected chi connectivity index (χ0v) is 19.3. The van der Waals surface area contributed by atoms with Crippen LogP contribution in [0.1, 0.15) is 64.3 Å². The maximum absolute atomic E-state index is 13.1. The Balaban J connectivity index is 1.34. The predicted molar refractivity (Wildman–Crippen MR) is 123 cm³/mol. The van der Waals surface area contributed by atoms with Crippen molar-refractivity contribution in [1.29, 1.82) is 0 Å². The van der Waals surface area contributed by atoms with E-state index in [4.69, 9.17) is 4.98 Å². The first-order valence-corrected chi connectivity index (χ1v) is 11.7. The van der Waals surface area contributed by atoms with Crippen molar-refractivity contribution in [2.24, 2.45) is 0 Å². The number of ketones is 1. The average molecular weight is 486 g/mol. The number of anilines is 1. The molecule has 1 saturated carbocycles. The molecular formula is C25H26F3N5O2. The molecule has 5 rings (SSSR count). The summed E-state index contributed by atoms with van der Waals surface area (Å²) in [6.07, 6.45) is 3.02. The number of hydrogen-bond acceptors (Lipinski definition) is 6. The first-order valence-electron chi connectivity index (χ1n) is 11.7. The predicted octanol–water partition coefficient (Wildman–Crippen LogP) is 4.25. The van der Waals surface area contributed by atoms with Crippen LogP contribution in [-0.2, 0) is 12.6 Å². The van der Waals surface area contributed by atoms with Gasteiger partial charge in [0.1, 0.15) is 5.82 Å². The van der Waals surface area contributed by atoms with Gasteiger partial charge in [-0.05, 0) is 67.9 Å². The van der Waals surface area contributed by atoms with Crippen LogP contribution in [0, 0.1) is 6.92 Å². The minimum atomic E-state index is -4.47. The Kier molecular flexibility index (Phi) is 6.08. The van der Waals surface area contributed by atoms with E-state index in [-0.39, 0.29) is 24.1 Å². The zero-order chi connectivity index (χ0) is 24.7. The highest BCUT2D eigenvalue weighted by Gasteiger charge is 2.32. The fourth-order valence-corrected chi connectivity index (χ4v) is 4.53. The molecule has 3 aromatic rings. The van der Waals surface area contributed by atoms with Crippen molar-refractivity contribution in [3.8, 4) is 5.82 Å². The van der Waals surface area contributed by atoms with E-state index in [9.17, 15) is 23.1 Å². The van der Waals surface area contributed by atoms with E-state index in [1.807, 2.05) is 0 Å². The number of Topliss-reactive ketones (excluding diaryl/α,β-unsaturated/α-hetero) is 1. The maximum atomic E-state index is 13.1. The smallest absolute Gasteiger partial charge is 0.393 e. The van der Waals surface area contributed by atoms with Gasteiger partial charge in [-0.25, -0.2) is 14.6 Å². The fraction of sp³-hybridized carbons (Fsp3) is 0.440. The number of aliphatic hydroxyl groups excluding tert-OH is 1. The lowest BCUT2D eigenvalue weighted by Crippen LogP contribution is -2.36. The monoisotopic (exact) mass is 485 g/mol. The summed E-state index contributed by atoms with van der Waals surface area (Å²) < 4.78 is 39.8. The second-order valence-corrected chi connectivity index (χ2v) is 9.31. The second-order valence-electron chi connectivity index (χ2n) is 9.31. The zero-order valence-electron chi connectivity index (χ0n) is 19.3. The van der Waals surface area contributed by atoms with Gasteiger partial charge < -0.3 is 10.0 Å². The number of rotatable bonds is 6. The molecule has 184 valence electrons. The van der Waals surface area contributed by atoms with E-state index in [0.717, 1.165) is 68.0 Å². The largest absolute Gasteiger partial charge is 0.417 e. The molecule has 0 unspecified atom stereocenters. The number of halogens is 3. The molecule has 3 aromatic heterocycles. The molecule has 0 bridgehead atoms. The van der Waals surface area contributed by atoms with Gasteiger partial charge in [-0.2, -0.15) is 18.3 Å². The molecule has 1 saturated heterocycles. The van der Waals surface area contributed by atoms with Gasteiger partial charge in [-0.15, -0.1) is 0 Å². The summed E-state index contributed by atoms with van der Waals surface area (Å²) in [6.45, 7) is 3.23. The topological polar surface area (TPSA) is 84.1 Å². The molecule has 2 aliphatic rings. The minimum absolute atomic E-state index is 0.141. The first kappa shape index (κ1) is 23.5. The summed E-state index contributed by atoms with van der Waals surface area (Å²) in [5.41, 5.74) is 2.05. The van der Waals surface area contributed by atoms with E-state index in [1.54, 1.807) is 13.1 Å². The van der Waals surface area contributed by atoms with Crippen LogP contribution in [0.2, 0.25) is 0 Å². The summed E-state index contributed by atoms with van der Waals surface area (Å²) in [4.78, 5) is 23.9. The van der Waals surface area contributed by atoms with Crippen molar-refractivity contribution < 1.29 is 23.1 Å². The van der Waals surface area contributed by atoms with Crippen LogP contribution >= 0.6 is 0 Å². The highest BCUT2D eigenvalue weighted by Crippen LogP contribution is 2.44. The average Bonchev–Trinajstić information content (AvgIpc) is 3.61. The fourth-order valence-electron chi connectivity index (χ4n) is 4.53. The van der Waals surface area contributed by atoms with Crippen molar-refractivity contribution in [3.05, 3.63) is 64.7 Å². The number of piperidine rings is 1. The molecule has 0 amide bonds. The van der Waals surface area contributed by atoms with Crippen LogP contribution in [0.3, 0.4) is 0 Å². The third-order valence-corrected chi connectivity index (χ3v) is 6.70. The number of carbonyl (C=O) groups is 1. The van der Waals surface area contributed by atoms with Gasteiger partial charge >= 0.3 is 6.18 Å². The number of alkyl halides is 3. The molecule has 4 heterocycles. The Hall–Kier alpha value is -3.27. The van der Waals surface area contributed by atoms with Crippen LogP contribution in [0.25, 0.3) is 5.82 Å². The Labute approximate surface area is 200 Å². The van der Waals surface area contributed by atoms with Gasteiger partial charge in [-0.3, -0.25) is 4.79 Å². The van der Waals surface area contributed by atoms with Crippen molar-refractivity contribution in [3.63, 3.8) is 0 Å². The van der Waals surface area contributed by atoms with Crippen LogP contribution in [0.15, 0.2) is 36.8 Å². The van der Waals surface area contributed by atoms with Gasteiger partial charge in [-0.1, -0.05) is 0 Å². The Morgan fingerprint density at radius 1 is 1.09 bits per heavy atom. The van der Waals surface area contributed by atoms with Gasteiger partial charge in [0.15, 0.2) is 11.6 Å². The van der Waals surface area contributed by atoms with E-state index >= 15 is 0 Å². The molecule has 1 aliphatic heterocycles. The number of nitrogens with zero attached hydrogens (tertiary/aromatic N) is 5. The molecule has 0 radical (unpaired) electrons. The van der Waals surface area contributed by atoms with Crippen LogP contribution in [0.5, 0.6) is 0 Å². The molecule has 0 atom stereocenters. The van der Waals surface area contributed by atoms with E-state index < -0.39 is 11.7 Å². The molecule has 2 fully saturated rings. The number of aliphatic hydroxyl groups is 1. The van der Waals surface area contributed by atoms with Gasteiger partial charge in [0.2, 0.25) is 0 Å². The summed E-state index contributed by atoms with van der Waals surface area (Å²) in [5, 5.41) is 14.0. The third-order valence-electron chi connectivity index (χ3n) is 6.70. The molecule has 1 aliphatic carbocycles. The van der Waals surface area contributed by atoms with Gasteiger partial charge in [0.05, 0.1) is 29.1 Å². The minimum Gasteiger partial charge on any atom is -0.393 e. The summed E-state index contributed by atoms with van der Waals surface area (Å²) in [6, 6.07) is 4.25. The molecule has 1 N–H and O–H groups in total. The number of aromatic nitrogens is 4. The van der Waals surface area contributed by atoms with Crippen LogP contribution in [0.4, 0.5) is 19.0 Å². The summed E-state index contributed by atoms with van der Waals surface area (Å²) >= 11 is 0. The lowest BCUT2D eigenvalue weighted by atomic mass is 10.0. The van der Waals surface area contributed by atoms with E-state index in [0.29, 0.717) is 17.2 Å². The SMILES string of the molecule is Cc1c(C(=O)Cc2cnc(N3CCC(O)CC3)c(C3CC3)c2)cnn1-c1ccc(C(F)(F)F)cn1. The summed E-state index contributed by atoms with van der Waals surface area (Å²) in [7, 11) is 0.